The van der Waals surface area contributed by atoms with Crippen molar-refractivity contribution in [1.82, 2.24) is 0 Å². The normalized spacial score (nSPS) is 10.7. The molecule has 0 aliphatic heterocycles. The molecule has 0 bridgehead atoms. The first-order chi connectivity index (χ1) is 14.1. The summed E-state index contributed by atoms with van der Waals surface area (Å²) in [6, 6.07) is 19.3. The number of para-hydroxylation sites is 1. The topological polar surface area (TPSA) is 78.1 Å². The quantitative estimate of drug-likeness (QED) is 0.518. The molecule has 0 fully saturated rings. The zero-order chi connectivity index (χ0) is 20.4. The fraction of sp³-hybridized carbons (Fsp3) is 0.0870. The standard InChI is InChI=1S/C23H18O6/c1-26-19-12-17-18(13-20(19)27-2)29-23(22(25)21(17)24)14-8-10-16(11-9-14)28-15-6-4-3-5-7-15/h3-13,25H,1-2H3. The molecule has 0 radical (unpaired) electrons. The molecule has 0 aliphatic rings. The molecule has 0 aliphatic carbocycles. The minimum Gasteiger partial charge on any atom is -0.502 e. The molecule has 0 atom stereocenters. The van der Waals surface area contributed by atoms with E-state index < -0.39 is 11.2 Å². The Kier molecular flexibility index (Phi) is 4.83. The van der Waals surface area contributed by atoms with E-state index >= 15 is 0 Å². The van der Waals surface area contributed by atoms with Crippen LogP contribution < -0.4 is 19.6 Å². The maximum atomic E-state index is 12.7. The Morgan fingerprint density at radius 2 is 1.45 bits per heavy atom. The SMILES string of the molecule is COc1cc2oc(-c3ccc(Oc4ccccc4)cc3)c(O)c(=O)c2cc1OC. The minimum atomic E-state index is -0.549. The van der Waals surface area contributed by atoms with Crippen LogP contribution in [-0.4, -0.2) is 19.3 Å². The Hall–Kier alpha value is -3.93. The second-order valence-electron chi connectivity index (χ2n) is 6.25. The van der Waals surface area contributed by atoms with E-state index in [2.05, 4.69) is 0 Å². The van der Waals surface area contributed by atoms with Crippen molar-refractivity contribution in [3.63, 3.8) is 0 Å². The van der Waals surface area contributed by atoms with Crippen molar-refractivity contribution in [1.29, 1.82) is 0 Å². The molecule has 146 valence electrons. The summed E-state index contributed by atoms with van der Waals surface area (Å²) in [5.41, 5.74) is 0.272. The van der Waals surface area contributed by atoms with E-state index in [1.54, 1.807) is 30.3 Å². The summed E-state index contributed by atoms with van der Waals surface area (Å²) in [4.78, 5) is 12.7. The fourth-order valence-electron chi connectivity index (χ4n) is 3.01. The van der Waals surface area contributed by atoms with Crippen LogP contribution in [0.2, 0.25) is 0 Å². The van der Waals surface area contributed by atoms with Gasteiger partial charge in [-0.3, -0.25) is 4.79 Å². The van der Waals surface area contributed by atoms with Gasteiger partial charge in [-0.1, -0.05) is 18.2 Å². The van der Waals surface area contributed by atoms with Crippen LogP contribution >= 0.6 is 0 Å². The second kappa shape index (κ2) is 7.59. The van der Waals surface area contributed by atoms with Crippen LogP contribution in [0.25, 0.3) is 22.3 Å². The van der Waals surface area contributed by atoms with Crippen molar-refractivity contribution in [3.05, 3.63) is 77.0 Å². The summed E-state index contributed by atoms with van der Waals surface area (Å²) in [6.45, 7) is 0. The first-order valence-corrected chi connectivity index (χ1v) is 8.86. The van der Waals surface area contributed by atoms with Gasteiger partial charge in [0.15, 0.2) is 17.3 Å². The number of hydrogen-bond acceptors (Lipinski definition) is 6. The largest absolute Gasteiger partial charge is 0.502 e. The van der Waals surface area contributed by atoms with Gasteiger partial charge < -0.3 is 23.7 Å². The first kappa shape index (κ1) is 18.4. The van der Waals surface area contributed by atoms with Gasteiger partial charge in [0, 0.05) is 11.6 Å². The van der Waals surface area contributed by atoms with E-state index in [1.165, 1.54) is 20.3 Å². The molecule has 0 spiro atoms. The summed E-state index contributed by atoms with van der Waals surface area (Å²) < 4.78 is 22.1. The number of aromatic hydroxyl groups is 1. The Labute approximate surface area is 166 Å². The number of ether oxygens (including phenoxy) is 3. The molecule has 6 heteroatoms. The minimum absolute atomic E-state index is 0.0704. The molecule has 3 aromatic carbocycles. The van der Waals surface area contributed by atoms with Gasteiger partial charge in [0.05, 0.1) is 19.6 Å². The van der Waals surface area contributed by atoms with E-state index in [0.717, 1.165) is 0 Å². The summed E-state index contributed by atoms with van der Waals surface area (Å²) >= 11 is 0. The van der Waals surface area contributed by atoms with Gasteiger partial charge in [0.2, 0.25) is 11.2 Å². The highest BCUT2D eigenvalue weighted by molar-refractivity contribution is 5.85. The predicted molar refractivity (Wildman–Crippen MR) is 109 cm³/mol. The van der Waals surface area contributed by atoms with Gasteiger partial charge in [-0.15, -0.1) is 0 Å². The third-order valence-corrected chi connectivity index (χ3v) is 4.47. The molecule has 4 rings (SSSR count). The highest BCUT2D eigenvalue weighted by Gasteiger charge is 2.18. The molecule has 6 nitrogen and oxygen atoms in total. The average Bonchev–Trinajstić information content (AvgIpc) is 2.76. The van der Waals surface area contributed by atoms with Crippen molar-refractivity contribution in [2.75, 3.05) is 14.2 Å². The van der Waals surface area contributed by atoms with Crippen LogP contribution in [0.4, 0.5) is 0 Å². The summed E-state index contributed by atoms with van der Waals surface area (Å²) in [6.07, 6.45) is 0. The van der Waals surface area contributed by atoms with Crippen LogP contribution in [0.3, 0.4) is 0 Å². The molecular formula is C23H18O6. The smallest absolute Gasteiger partial charge is 0.235 e. The summed E-state index contributed by atoms with van der Waals surface area (Å²) in [5, 5.41) is 10.6. The van der Waals surface area contributed by atoms with Crippen molar-refractivity contribution in [2.45, 2.75) is 0 Å². The lowest BCUT2D eigenvalue weighted by Gasteiger charge is -2.11. The van der Waals surface area contributed by atoms with E-state index in [-0.39, 0.29) is 16.7 Å². The maximum absolute atomic E-state index is 12.7. The first-order valence-electron chi connectivity index (χ1n) is 8.86. The van der Waals surface area contributed by atoms with Gasteiger partial charge in [0.25, 0.3) is 0 Å². The molecule has 0 saturated carbocycles. The number of methoxy groups -OCH3 is 2. The summed E-state index contributed by atoms with van der Waals surface area (Å²) in [7, 11) is 2.97. The number of fused-ring (bicyclic) bond motifs is 1. The van der Waals surface area contributed by atoms with Gasteiger partial charge in [-0.25, -0.2) is 0 Å². The summed E-state index contributed by atoms with van der Waals surface area (Å²) in [5.74, 6) is 1.73. The van der Waals surface area contributed by atoms with E-state index in [9.17, 15) is 9.90 Å². The van der Waals surface area contributed by atoms with E-state index in [0.29, 0.717) is 28.6 Å². The van der Waals surface area contributed by atoms with Gasteiger partial charge in [0.1, 0.15) is 17.1 Å². The van der Waals surface area contributed by atoms with Crippen LogP contribution in [0, 0.1) is 0 Å². The highest BCUT2D eigenvalue weighted by atomic mass is 16.5. The maximum Gasteiger partial charge on any atom is 0.235 e. The molecule has 29 heavy (non-hydrogen) atoms. The molecule has 0 amide bonds. The number of hydrogen-bond donors (Lipinski definition) is 1. The average molecular weight is 390 g/mol. The predicted octanol–water partition coefficient (Wildman–Crippen LogP) is 4.98. The molecule has 1 heterocycles. The third-order valence-electron chi connectivity index (χ3n) is 4.47. The monoisotopic (exact) mass is 390 g/mol. The lowest BCUT2D eigenvalue weighted by Crippen LogP contribution is -2.03. The van der Waals surface area contributed by atoms with Crippen molar-refractivity contribution in [3.8, 4) is 40.1 Å². The molecule has 0 unspecified atom stereocenters. The van der Waals surface area contributed by atoms with Gasteiger partial charge in [-0.05, 0) is 42.5 Å². The number of benzene rings is 3. The fourth-order valence-corrected chi connectivity index (χ4v) is 3.01. The Morgan fingerprint density at radius 3 is 2.10 bits per heavy atom. The molecular weight excluding hydrogens is 372 g/mol. The van der Waals surface area contributed by atoms with Crippen LogP contribution in [0.1, 0.15) is 0 Å². The van der Waals surface area contributed by atoms with Crippen molar-refractivity contribution < 1.29 is 23.7 Å². The number of rotatable bonds is 5. The zero-order valence-corrected chi connectivity index (χ0v) is 15.8. The molecule has 0 saturated heterocycles. The van der Waals surface area contributed by atoms with Crippen molar-refractivity contribution in [2.24, 2.45) is 0 Å². The lowest BCUT2D eigenvalue weighted by atomic mass is 10.1. The Bertz CT molecular complexity index is 1210. The Morgan fingerprint density at radius 1 is 0.828 bits per heavy atom. The van der Waals surface area contributed by atoms with Crippen LogP contribution in [0.15, 0.2) is 75.9 Å². The van der Waals surface area contributed by atoms with Gasteiger partial charge >= 0.3 is 0 Å². The highest BCUT2D eigenvalue weighted by Crippen LogP contribution is 2.36. The van der Waals surface area contributed by atoms with Crippen LogP contribution in [-0.2, 0) is 0 Å². The van der Waals surface area contributed by atoms with Crippen molar-refractivity contribution >= 4 is 11.0 Å². The van der Waals surface area contributed by atoms with Crippen LogP contribution in [0.5, 0.6) is 28.7 Å². The molecule has 4 aromatic rings. The lowest BCUT2D eigenvalue weighted by molar-refractivity contribution is 0.355. The van der Waals surface area contributed by atoms with E-state index in [1.807, 2.05) is 30.3 Å². The Balaban J connectivity index is 1.75. The molecule has 1 aromatic heterocycles. The van der Waals surface area contributed by atoms with Gasteiger partial charge in [-0.2, -0.15) is 0 Å². The zero-order valence-electron chi connectivity index (χ0n) is 15.8. The molecule has 1 N–H and O–H groups in total. The second-order valence-corrected chi connectivity index (χ2v) is 6.25. The van der Waals surface area contributed by atoms with E-state index in [4.69, 9.17) is 18.6 Å². The third kappa shape index (κ3) is 3.48.